The third kappa shape index (κ3) is 1.67. The Morgan fingerprint density at radius 2 is 2.13 bits per heavy atom. The normalized spacial score (nSPS) is 12.3. The summed E-state index contributed by atoms with van der Waals surface area (Å²) in [6.07, 6.45) is 0.0380. The van der Waals surface area contributed by atoms with Crippen molar-refractivity contribution in [1.29, 1.82) is 0 Å². The molecule has 0 atom stereocenters. The monoisotopic (exact) mass is 215 g/mol. The summed E-state index contributed by atoms with van der Waals surface area (Å²) in [7, 11) is 0. The molecule has 0 N–H and O–H groups in total. The summed E-state index contributed by atoms with van der Waals surface area (Å²) >= 11 is 0. The molecular formula is C9H8F3N3. The maximum atomic E-state index is 12.4. The number of imidazole rings is 1. The minimum atomic E-state index is -4.41. The van der Waals surface area contributed by atoms with Crippen LogP contribution in [0.2, 0.25) is 0 Å². The number of hydrogen-bond acceptors (Lipinski definition) is 2. The first kappa shape index (κ1) is 9.95. The first-order valence-electron chi connectivity index (χ1n) is 4.42. The van der Waals surface area contributed by atoms with Gasteiger partial charge in [-0.05, 0) is 6.42 Å². The molecule has 0 aliphatic carbocycles. The highest BCUT2D eigenvalue weighted by Crippen LogP contribution is 2.28. The van der Waals surface area contributed by atoms with Gasteiger partial charge in [-0.2, -0.15) is 13.2 Å². The van der Waals surface area contributed by atoms with Crippen LogP contribution in [-0.4, -0.2) is 14.4 Å². The van der Waals surface area contributed by atoms with E-state index in [9.17, 15) is 13.2 Å². The first-order valence-corrected chi connectivity index (χ1v) is 4.42. The highest BCUT2D eigenvalue weighted by Gasteiger charge is 2.34. The molecule has 80 valence electrons. The van der Waals surface area contributed by atoms with E-state index >= 15 is 0 Å². The van der Waals surface area contributed by atoms with Gasteiger partial charge in [-0.15, -0.1) is 0 Å². The van der Waals surface area contributed by atoms with Crippen molar-refractivity contribution >= 4 is 5.65 Å². The molecule has 15 heavy (non-hydrogen) atoms. The summed E-state index contributed by atoms with van der Waals surface area (Å²) in [5.74, 6) is 0. The summed E-state index contributed by atoms with van der Waals surface area (Å²) < 4.78 is 38.4. The van der Waals surface area contributed by atoms with Crippen molar-refractivity contribution in [2.24, 2.45) is 0 Å². The molecule has 0 amide bonds. The molecule has 2 heterocycles. The Labute approximate surface area is 83.6 Å². The average molecular weight is 215 g/mol. The lowest BCUT2D eigenvalue weighted by molar-refractivity contribution is -0.140. The fourth-order valence-electron chi connectivity index (χ4n) is 1.36. The van der Waals surface area contributed by atoms with Crippen LogP contribution in [0.5, 0.6) is 0 Å². The molecule has 2 aromatic heterocycles. The lowest BCUT2D eigenvalue weighted by Gasteiger charge is -1.98. The van der Waals surface area contributed by atoms with Gasteiger partial charge in [0.15, 0.2) is 11.3 Å². The van der Waals surface area contributed by atoms with Gasteiger partial charge < -0.3 is 4.40 Å². The predicted octanol–water partition coefficient (Wildman–Crippen LogP) is 2.31. The lowest BCUT2D eigenvalue weighted by atomic mass is 10.3. The number of alkyl halides is 3. The van der Waals surface area contributed by atoms with E-state index in [0.717, 1.165) is 6.20 Å². The molecule has 0 saturated heterocycles. The minimum Gasteiger partial charge on any atom is -0.303 e. The van der Waals surface area contributed by atoms with E-state index in [0.29, 0.717) is 12.1 Å². The third-order valence-corrected chi connectivity index (χ3v) is 2.07. The zero-order valence-electron chi connectivity index (χ0n) is 7.91. The maximum Gasteiger partial charge on any atom is 0.434 e. The predicted molar refractivity (Wildman–Crippen MR) is 47.4 cm³/mol. The van der Waals surface area contributed by atoms with E-state index in [1.54, 1.807) is 0 Å². The molecule has 2 rings (SSSR count). The van der Waals surface area contributed by atoms with E-state index in [2.05, 4.69) is 9.97 Å². The third-order valence-electron chi connectivity index (χ3n) is 2.07. The molecule has 0 saturated carbocycles. The largest absolute Gasteiger partial charge is 0.434 e. The van der Waals surface area contributed by atoms with Crippen molar-refractivity contribution in [2.75, 3.05) is 0 Å². The van der Waals surface area contributed by atoms with E-state index in [4.69, 9.17) is 0 Å². The standard InChI is InChI=1S/C9H8F3N3/c1-2-6-8-14-7(9(10,11)12)5-15(8)4-3-13-6/h3-5H,2H2,1H3. The Morgan fingerprint density at radius 3 is 2.73 bits per heavy atom. The smallest absolute Gasteiger partial charge is 0.303 e. The first-order chi connectivity index (χ1) is 7.02. The van der Waals surface area contributed by atoms with Crippen LogP contribution < -0.4 is 0 Å². The van der Waals surface area contributed by atoms with Crippen LogP contribution in [0.25, 0.3) is 5.65 Å². The van der Waals surface area contributed by atoms with Crippen molar-refractivity contribution in [2.45, 2.75) is 19.5 Å². The molecule has 0 unspecified atom stereocenters. The molecule has 0 aliphatic heterocycles. The lowest BCUT2D eigenvalue weighted by Crippen LogP contribution is -2.04. The summed E-state index contributed by atoms with van der Waals surface area (Å²) in [5.41, 5.74) is -0.0504. The molecule has 0 spiro atoms. The molecule has 2 aromatic rings. The quantitative estimate of drug-likeness (QED) is 0.730. The molecule has 6 heteroatoms. The summed E-state index contributed by atoms with van der Waals surface area (Å²) in [5, 5.41) is 0. The number of aromatic nitrogens is 3. The SMILES string of the molecule is CCc1nccn2cc(C(F)(F)F)nc12. The molecular weight excluding hydrogens is 207 g/mol. The zero-order chi connectivity index (χ0) is 11.1. The van der Waals surface area contributed by atoms with Gasteiger partial charge in [0.1, 0.15) is 0 Å². The summed E-state index contributed by atoms with van der Waals surface area (Å²) in [4.78, 5) is 7.50. The van der Waals surface area contributed by atoms with Crippen LogP contribution >= 0.6 is 0 Å². The Balaban J connectivity index is 2.65. The highest BCUT2D eigenvalue weighted by molar-refractivity contribution is 5.45. The second-order valence-electron chi connectivity index (χ2n) is 3.08. The number of fused-ring (bicyclic) bond motifs is 1. The van der Waals surface area contributed by atoms with Crippen LogP contribution in [0, 0.1) is 0 Å². The Bertz CT molecular complexity index is 487. The van der Waals surface area contributed by atoms with Crippen molar-refractivity contribution in [3.05, 3.63) is 30.0 Å². The Morgan fingerprint density at radius 1 is 1.40 bits per heavy atom. The highest BCUT2D eigenvalue weighted by atomic mass is 19.4. The molecule has 0 aliphatic rings. The average Bonchev–Trinajstić information content (AvgIpc) is 2.59. The van der Waals surface area contributed by atoms with Crippen molar-refractivity contribution in [1.82, 2.24) is 14.4 Å². The summed E-state index contributed by atoms with van der Waals surface area (Å²) in [6, 6.07) is 0. The van der Waals surface area contributed by atoms with Gasteiger partial charge >= 0.3 is 6.18 Å². The number of halogens is 3. The molecule has 0 fully saturated rings. The Hall–Kier alpha value is -1.59. The van der Waals surface area contributed by atoms with Gasteiger partial charge in [0.2, 0.25) is 0 Å². The van der Waals surface area contributed by atoms with Crippen molar-refractivity contribution < 1.29 is 13.2 Å². The Kier molecular flexibility index (Phi) is 2.13. The summed E-state index contributed by atoms with van der Waals surface area (Å²) in [6.45, 7) is 1.82. The van der Waals surface area contributed by atoms with Crippen LogP contribution in [0.3, 0.4) is 0 Å². The van der Waals surface area contributed by atoms with E-state index < -0.39 is 11.9 Å². The van der Waals surface area contributed by atoms with Gasteiger partial charge in [0, 0.05) is 18.6 Å². The molecule has 0 bridgehead atoms. The molecule has 0 aromatic carbocycles. The van der Waals surface area contributed by atoms with Crippen LogP contribution in [0.1, 0.15) is 18.3 Å². The van der Waals surface area contributed by atoms with Gasteiger partial charge in [0.05, 0.1) is 5.69 Å². The fourth-order valence-corrected chi connectivity index (χ4v) is 1.36. The van der Waals surface area contributed by atoms with Gasteiger partial charge in [-0.3, -0.25) is 4.98 Å². The van der Waals surface area contributed by atoms with Crippen LogP contribution in [0.4, 0.5) is 13.2 Å². The van der Waals surface area contributed by atoms with Gasteiger partial charge in [0.25, 0.3) is 0 Å². The number of hydrogen-bond donors (Lipinski definition) is 0. The zero-order valence-corrected chi connectivity index (χ0v) is 7.91. The molecule has 0 radical (unpaired) electrons. The fraction of sp³-hybridized carbons (Fsp3) is 0.333. The van der Waals surface area contributed by atoms with Gasteiger partial charge in [-0.1, -0.05) is 6.92 Å². The second-order valence-corrected chi connectivity index (χ2v) is 3.08. The van der Waals surface area contributed by atoms with Crippen molar-refractivity contribution in [3.63, 3.8) is 0 Å². The van der Waals surface area contributed by atoms with Crippen LogP contribution in [0.15, 0.2) is 18.6 Å². The van der Waals surface area contributed by atoms with E-state index in [-0.39, 0.29) is 5.65 Å². The number of aryl methyl sites for hydroxylation is 1. The van der Waals surface area contributed by atoms with E-state index in [1.807, 2.05) is 6.92 Å². The molecule has 3 nitrogen and oxygen atoms in total. The van der Waals surface area contributed by atoms with Gasteiger partial charge in [-0.25, -0.2) is 4.98 Å². The minimum absolute atomic E-state index is 0.271. The van der Waals surface area contributed by atoms with E-state index in [1.165, 1.54) is 16.8 Å². The topological polar surface area (TPSA) is 30.2 Å². The van der Waals surface area contributed by atoms with Crippen molar-refractivity contribution in [3.8, 4) is 0 Å². The van der Waals surface area contributed by atoms with Crippen LogP contribution in [-0.2, 0) is 12.6 Å². The number of nitrogens with zero attached hydrogens (tertiary/aromatic N) is 3. The second kappa shape index (κ2) is 3.22. The maximum absolute atomic E-state index is 12.4. The number of rotatable bonds is 1.